The van der Waals surface area contributed by atoms with Crippen molar-refractivity contribution in [1.82, 2.24) is 4.90 Å². The van der Waals surface area contributed by atoms with E-state index in [0.29, 0.717) is 12.2 Å². The normalized spacial score (nSPS) is 22.7. The number of hydrogen-bond donors (Lipinski definition) is 2. The van der Waals surface area contributed by atoms with E-state index in [1.54, 1.807) is 0 Å². The molecule has 0 radical (unpaired) electrons. The number of aliphatic hydroxyl groups is 1. The van der Waals surface area contributed by atoms with Crippen molar-refractivity contribution in [2.75, 3.05) is 13.6 Å². The van der Waals surface area contributed by atoms with Gasteiger partial charge in [-0.15, -0.1) is 0 Å². The first-order valence-electron chi connectivity index (χ1n) is 9.57. The molecular weight excluding hydrogens is 298 g/mol. The lowest BCUT2D eigenvalue weighted by molar-refractivity contribution is 0.0544. The zero-order chi connectivity index (χ0) is 17.7. The van der Waals surface area contributed by atoms with Gasteiger partial charge in [0.25, 0.3) is 0 Å². The van der Waals surface area contributed by atoms with Crippen molar-refractivity contribution in [3.05, 3.63) is 29.3 Å². The summed E-state index contributed by atoms with van der Waals surface area (Å²) in [4.78, 5) is 2.23. The largest absolute Gasteiger partial charge is 0.508 e. The number of likely N-dealkylation sites (tertiary alicyclic amines) is 1. The van der Waals surface area contributed by atoms with E-state index in [0.717, 1.165) is 24.9 Å². The second kappa shape index (κ2) is 8.35. The third-order valence-electron chi connectivity index (χ3n) is 5.67. The van der Waals surface area contributed by atoms with E-state index in [1.807, 2.05) is 6.07 Å². The molecule has 1 aliphatic heterocycles. The van der Waals surface area contributed by atoms with E-state index >= 15 is 0 Å². The highest BCUT2D eigenvalue weighted by Crippen LogP contribution is 2.38. The Hall–Kier alpha value is -1.06. The molecule has 2 atom stereocenters. The average molecular weight is 334 g/mol. The third kappa shape index (κ3) is 4.73. The highest BCUT2D eigenvalue weighted by molar-refractivity contribution is 5.41. The van der Waals surface area contributed by atoms with Crippen molar-refractivity contribution in [3.63, 3.8) is 0 Å². The van der Waals surface area contributed by atoms with E-state index in [2.05, 4.69) is 44.9 Å². The molecule has 3 heteroatoms. The molecule has 1 aromatic carbocycles. The summed E-state index contributed by atoms with van der Waals surface area (Å²) in [6, 6.07) is 6.29. The lowest BCUT2D eigenvalue weighted by Crippen LogP contribution is -2.36. The van der Waals surface area contributed by atoms with Crippen LogP contribution in [0.1, 0.15) is 82.9 Å². The minimum atomic E-state index is -0.264. The number of piperidine rings is 1. The zero-order valence-electron chi connectivity index (χ0n) is 15.9. The summed E-state index contributed by atoms with van der Waals surface area (Å²) in [5.74, 6) is 0.375. The van der Waals surface area contributed by atoms with E-state index in [-0.39, 0.29) is 17.6 Å². The van der Waals surface area contributed by atoms with Crippen molar-refractivity contribution in [2.45, 2.75) is 83.3 Å². The van der Waals surface area contributed by atoms with Gasteiger partial charge in [-0.1, -0.05) is 58.6 Å². The van der Waals surface area contributed by atoms with Gasteiger partial charge in [0, 0.05) is 18.2 Å². The summed E-state index contributed by atoms with van der Waals surface area (Å²) in [6.07, 6.45) is 7.48. The predicted molar refractivity (Wildman–Crippen MR) is 101 cm³/mol. The molecule has 0 amide bonds. The summed E-state index contributed by atoms with van der Waals surface area (Å²) in [7, 11) is 2.07. The first kappa shape index (κ1) is 19.3. The second-order valence-corrected chi connectivity index (χ2v) is 8.14. The lowest BCUT2D eigenvalue weighted by atomic mass is 9.79. The molecule has 0 bridgehead atoms. The van der Waals surface area contributed by atoms with Crippen LogP contribution in [0.25, 0.3) is 0 Å². The van der Waals surface area contributed by atoms with Crippen LogP contribution >= 0.6 is 0 Å². The maximum Gasteiger partial charge on any atom is 0.120 e. The molecule has 0 unspecified atom stereocenters. The molecule has 2 N–H and O–H groups in total. The first-order valence-corrected chi connectivity index (χ1v) is 9.57. The SMILES string of the molecule is CCCCCCC(C)(C)c1ccc([C@H]2C[C@@H](O)CCN2C)c(O)c1. The van der Waals surface area contributed by atoms with Crippen LogP contribution in [0, 0.1) is 0 Å². The van der Waals surface area contributed by atoms with Crippen LogP contribution in [-0.4, -0.2) is 34.8 Å². The molecule has 1 aromatic rings. The fourth-order valence-corrected chi connectivity index (χ4v) is 3.81. The molecule has 0 spiro atoms. The van der Waals surface area contributed by atoms with Crippen LogP contribution in [0.4, 0.5) is 0 Å². The van der Waals surface area contributed by atoms with E-state index < -0.39 is 0 Å². The molecule has 0 aliphatic carbocycles. The summed E-state index contributed by atoms with van der Waals surface area (Å²) in [5.41, 5.74) is 2.24. The monoisotopic (exact) mass is 333 g/mol. The van der Waals surface area contributed by atoms with Gasteiger partial charge < -0.3 is 10.2 Å². The molecule has 24 heavy (non-hydrogen) atoms. The van der Waals surface area contributed by atoms with Crippen LogP contribution in [-0.2, 0) is 5.41 Å². The molecule has 1 saturated heterocycles. The maximum absolute atomic E-state index is 10.6. The topological polar surface area (TPSA) is 43.7 Å². The Morgan fingerprint density at radius 3 is 2.62 bits per heavy atom. The Kier molecular flexibility index (Phi) is 6.70. The number of nitrogens with zero attached hydrogens (tertiary/aromatic N) is 1. The third-order valence-corrected chi connectivity index (χ3v) is 5.67. The number of rotatable bonds is 7. The molecule has 0 saturated carbocycles. The van der Waals surface area contributed by atoms with E-state index in [1.165, 1.54) is 31.2 Å². The van der Waals surface area contributed by atoms with Crippen LogP contribution in [0.2, 0.25) is 0 Å². The Morgan fingerprint density at radius 1 is 1.21 bits per heavy atom. The van der Waals surface area contributed by atoms with Gasteiger partial charge in [-0.25, -0.2) is 0 Å². The molecule has 1 heterocycles. The Morgan fingerprint density at radius 2 is 1.96 bits per heavy atom. The summed E-state index contributed by atoms with van der Waals surface area (Å²) < 4.78 is 0. The van der Waals surface area contributed by atoms with Gasteiger partial charge in [0.1, 0.15) is 5.75 Å². The lowest BCUT2D eigenvalue weighted by Gasteiger charge is -2.36. The number of benzene rings is 1. The highest BCUT2D eigenvalue weighted by Gasteiger charge is 2.29. The summed E-state index contributed by atoms with van der Waals surface area (Å²) in [5, 5.41) is 20.6. The number of phenols is 1. The molecule has 136 valence electrons. The molecule has 3 nitrogen and oxygen atoms in total. The quantitative estimate of drug-likeness (QED) is 0.707. The molecular formula is C21H35NO2. The van der Waals surface area contributed by atoms with Crippen LogP contribution in [0.5, 0.6) is 5.75 Å². The predicted octanol–water partition coefficient (Wildman–Crippen LogP) is 4.77. The number of unbranched alkanes of at least 4 members (excludes halogenated alkanes) is 3. The van der Waals surface area contributed by atoms with Gasteiger partial charge in [-0.3, -0.25) is 4.90 Å². The Bertz CT molecular complexity index is 527. The van der Waals surface area contributed by atoms with E-state index in [4.69, 9.17) is 0 Å². The fraction of sp³-hybridized carbons (Fsp3) is 0.714. The number of phenolic OH excluding ortho intramolecular Hbond substituents is 1. The van der Waals surface area contributed by atoms with Crippen molar-refractivity contribution < 1.29 is 10.2 Å². The number of hydrogen-bond acceptors (Lipinski definition) is 3. The Balaban J connectivity index is 2.10. The molecule has 1 aliphatic rings. The van der Waals surface area contributed by atoms with Gasteiger partial charge in [-0.05, 0) is 43.4 Å². The maximum atomic E-state index is 10.6. The van der Waals surface area contributed by atoms with Crippen LogP contribution in [0.15, 0.2) is 18.2 Å². The van der Waals surface area contributed by atoms with Gasteiger partial charge in [0.15, 0.2) is 0 Å². The number of aliphatic hydroxyl groups excluding tert-OH is 1. The summed E-state index contributed by atoms with van der Waals surface area (Å²) in [6.45, 7) is 7.64. The standard InChI is InChI=1S/C21H35NO2/c1-5-6-7-8-12-21(2,3)16-9-10-18(20(24)14-16)19-15-17(23)11-13-22(19)4/h9-10,14,17,19,23-24H,5-8,11-13,15H2,1-4H3/t17-,19+/m0/s1. The summed E-state index contributed by atoms with van der Waals surface area (Å²) >= 11 is 0. The van der Waals surface area contributed by atoms with Crippen molar-refractivity contribution in [1.29, 1.82) is 0 Å². The van der Waals surface area contributed by atoms with Gasteiger partial charge in [0.2, 0.25) is 0 Å². The van der Waals surface area contributed by atoms with Gasteiger partial charge in [0.05, 0.1) is 6.10 Å². The first-order chi connectivity index (χ1) is 11.3. The Labute approximate surface area is 147 Å². The average Bonchev–Trinajstić information content (AvgIpc) is 2.54. The van der Waals surface area contributed by atoms with Crippen molar-refractivity contribution >= 4 is 0 Å². The fourth-order valence-electron chi connectivity index (χ4n) is 3.81. The van der Waals surface area contributed by atoms with E-state index in [9.17, 15) is 10.2 Å². The minimum absolute atomic E-state index is 0.0851. The minimum Gasteiger partial charge on any atom is -0.508 e. The van der Waals surface area contributed by atoms with Gasteiger partial charge in [-0.2, -0.15) is 0 Å². The van der Waals surface area contributed by atoms with Crippen LogP contribution in [0.3, 0.4) is 0 Å². The highest BCUT2D eigenvalue weighted by atomic mass is 16.3. The second-order valence-electron chi connectivity index (χ2n) is 8.14. The molecule has 1 fully saturated rings. The van der Waals surface area contributed by atoms with Crippen LogP contribution < -0.4 is 0 Å². The smallest absolute Gasteiger partial charge is 0.120 e. The van der Waals surface area contributed by atoms with Gasteiger partial charge >= 0.3 is 0 Å². The molecule has 0 aromatic heterocycles. The molecule has 2 rings (SSSR count). The van der Waals surface area contributed by atoms with Crippen molar-refractivity contribution in [2.24, 2.45) is 0 Å². The zero-order valence-corrected chi connectivity index (χ0v) is 15.9. The van der Waals surface area contributed by atoms with Crippen molar-refractivity contribution in [3.8, 4) is 5.75 Å². The number of aromatic hydroxyl groups is 1.